The average molecular weight is 348 g/mol. The molecule has 0 aliphatic carbocycles. The first-order valence-corrected chi connectivity index (χ1v) is 7.79. The van der Waals surface area contributed by atoms with Crippen LogP contribution in [0.3, 0.4) is 0 Å². The predicted molar refractivity (Wildman–Crippen MR) is 89.8 cm³/mol. The highest BCUT2D eigenvalue weighted by atomic mass is 35.5. The normalized spacial score (nSPS) is 12.0. The molecule has 7 heteroatoms. The fraction of sp³-hybridized carbons (Fsp3) is 0.353. The van der Waals surface area contributed by atoms with E-state index in [-0.39, 0.29) is 25.3 Å². The highest BCUT2D eigenvalue weighted by Crippen LogP contribution is 2.15. The summed E-state index contributed by atoms with van der Waals surface area (Å²) in [4.78, 5) is 12.2. The molecule has 1 aromatic carbocycles. The van der Waals surface area contributed by atoms with Crippen LogP contribution in [-0.2, 0) is 17.9 Å². The second kappa shape index (κ2) is 8.06. The molecule has 0 spiro atoms. The van der Waals surface area contributed by atoms with E-state index >= 15 is 0 Å². The van der Waals surface area contributed by atoms with Crippen molar-refractivity contribution in [3.05, 3.63) is 62.0 Å². The quantitative estimate of drug-likeness (QED) is 0.863. The number of nitriles is 1. The maximum absolute atomic E-state index is 12.2. The van der Waals surface area contributed by atoms with Gasteiger partial charge >= 0.3 is 0 Å². The molecule has 0 saturated carbocycles. The zero-order valence-electron chi connectivity index (χ0n) is 13.5. The Morgan fingerprint density at radius 3 is 2.79 bits per heavy atom. The Bertz CT molecular complexity index is 827. The summed E-state index contributed by atoms with van der Waals surface area (Å²) < 4.78 is 6.54. The van der Waals surface area contributed by atoms with Crippen LogP contribution >= 0.6 is 11.6 Å². The van der Waals surface area contributed by atoms with Gasteiger partial charge in [0.05, 0.1) is 31.6 Å². The molecule has 1 N–H and O–H groups in total. The van der Waals surface area contributed by atoms with Crippen LogP contribution in [0, 0.1) is 25.2 Å². The number of aliphatic hydroxyl groups excluding tert-OH is 1. The van der Waals surface area contributed by atoms with Gasteiger partial charge in [-0.3, -0.25) is 4.79 Å². The third-order valence-electron chi connectivity index (χ3n) is 3.66. The highest BCUT2D eigenvalue weighted by molar-refractivity contribution is 6.31. The molecule has 0 aliphatic heterocycles. The van der Waals surface area contributed by atoms with Gasteiger partial charge in [-0.05, 0) is 31.0 Å². The number of aliphatic hydroxyl groups is 1. The first kappa shape index (κ1) is 18.1. The lowest BCUT2D eigenvalue weighted by Crippen LogP contribution is -2.33. The number of rotatable bonds is 6. The van der Waals surface area contributed by atoms with Gasteiger partial charge in [-0.1, -0.05) is 29.8 Å². The van der Waals surface area contributed by atoms with Crippen molar-refractivity contribution in [2.45, 2.75) is 33.1 Å². The Hall–Kier alpha value is -2.20. The fourth-order valence-corrected chi connectivity index (χ4v) is 2.39. The van der Waals surface area contributed by atoms with Crippen LogP contribution in [0.2, 0.25) is 5.02 Å². The second-order valence-corrected chi connectivity index (χ2v) is 5.85. The molecule has 0 saturated heterocycles. The summed E-state index contributed by atoms with van der Waals surface area (Å²) >= 11 is 6.03. The van der Waals surface area contributed by atoms with Crippen molar-refractivity contribution in [2.75, 3.05) is 6.61 Å². The van der Waals surface area contributed by atoms with E-state index in [0.29, 0.717) is 16.3 Å². The maximum Gasteiger partial charge on any atom is 0.285 e. The van der Waals surface area contributed by atoms with E-state index in [2.05, 4.69) is 5.10 Å². The first-order valence-electron chi connectivity index (χ1n) is 7.41. The number of nitrogens with zero attached hydrogens (tertiary/aromatic N) is 3. The van der Waals surface area contributed by atoms with Gasteiger partial charge < -0.3 is 9.84 Å². The summed E-state index contributed by atoms with van der Waals surface area (Å²) in [6.45, 7) is 3.63. The van der Waals surface area contributed by atoms with Crippen molar-refractivity contribution >= 4 is 11.6 Å². The Morgan fingerprint density at radius 2 is 2.12 bits per heavy atom. The van der Waals surface area contributed by atoms with Crippen LogP contribution in [0.1, 0.15) is 22.4 Å². The molecule has 1 unspecified atom stereocenters. The van der Waals surface area contributed by atoms with E-state index in [1.165, 1.54) is 0 Å². The highest BCUT2D eigenvalue weighted by Gasteiger charge is 2.14. The molecule has 6 nitrogen and oxygen atoms in total. The molecule has 2 rings (SSSR count). The van der Waals surface area contributed by atoms with Crippen LogP contribution in [-0.4, -0.2) is 27.6 Å². The molecule has 2 aromatic rings. The van der Waals surface area contributed by atoms with E-state index in [1.807, 2.05) is 24.3 Å². The smallest absolute Gasteiger partial charge is 0.285 e. The van der Waals surface area contributed by atoms with E-state index in [0.717, 1.165) is 10.2 Å². The molecule has 0 bridgehead atoms. The minimum Gasteiger partial charge on any atom is -0.389 e. The molecular formula is C17H18ClN3O3. The van der Waals surface area contributed by atoms with Crippen molar-refractivity contribution in [1.29, 1.82) is 5.26 Å². The lowest BCUT2D eigenvalue weighted by molar-refractivity contribution is 0.0179. The topological polar surface area (TPSA) is 88.1 Å². The minimum atomic E-state index is -0.925. The van der Waals surface area contributed by atoms with Gasteiger partial charge in [0.1, 0.15) is 11.6 Å². The Balaban J connectivity index is 1.99. The van der Waals surface area contributed by atoms with E-state index in [4.69, 9.17) is 21.6 Å². The summed E-state index contributed by atoms with van der Waals surface area (Å²) in [5, 5.41) is 23.9. The van der Waals surface area contributed by atoms with Gasteiger partial charge in [-0.25, -0.2) is 4.68 Å². The van der Waals surface area contributed by atoms with Gasteiger partial charge in [0.25, 0.3) is 5.56 Å². The van der Waals surface area contributed by atoms with Crippen molar-refractivity contribution in [1.82, 2.24) is 9.78 Å². The molecule has 0 amide bonds. The van der Waals surface area contributed by atoms with Crippen LogP contribution in [0.5, 0.6) is 0 Å². The number of hydrogen-bond donors (Lipinski definition) is 1. The van der Waals surface area contributed by atoms with Crippen molar-refractivity contribution in [2.24, 2.45) is 0 Å². The molecule has 1 atom stereocenters. The van der Waals surface area contributed by atoms with Gasteiger partial charge in [0.2, 0.25) is 0 Å². The molecule has 126 valence electrons. The molecule has 1 heterocycles. The zero-order chi connectivity index (χ0) is 17.7. The second-order valence-electron chi connectivity index (χ2n) is 5.44. The van der Waals surface area contributed by atoms with E-state index < -0.39 is 11.7 Å². The number of benzene rings is 1. The molecular weight excluding hydrogens is 330 g/mol. The van der Waals surface area contributed by atoms with Crippen LogP contribution in [0.4, 0.5) is 0 Å². The SMILES string of the molecule is Cc1nn(CC(O)COCc2ccccc2Cl)c(=O)c(C#N)c1C. The molecule has 0 aliphatic rings. The van der Waals surface area contributed by atoms with Crippen LogP contribution in [0.25, 0.3) is 0 Å². The van der Waals surface area contributed by atoms with Crippen molar-refractivity contribution in [3.8, 4) is 6.07 Å². The third kappa shape index (κ3) is 4.20. The lowest BCUT2D eigenvalue weighted by Gasteiger charge is -2.14. The monoisotopic (exact) mass is 347 g/mol. The number of halogens is 1. The first-order chi connectivity index (χ1) is 11.4. The van der Waals surface area contributed by atoms with Crippen molar-refractivity contribution in [3.63, 3.8) is 0 Å². The van der Waals surface area contributed by atoms with Gasteiger partial charge in [0, 0.05) is 5.02 Å². The van der Waals surface area contributed by atoms with Crippen LogP contribution < -0.4 is 5.56 Å². The van der Waals surface area contributed by atoms with Crippen molar-refractivity contribution < 1.29 is 9.84 Å². The zero-order valence-corrected chi connectivity index (χ0v) is 14.2. The Kier molecular flexibility index (Phi) is 6.10. The van der Waals surface area contributed by atoms with Gasteiger partial charge in [0.15, 0.2) is 0 Å². The van der Waals surface area contributed by atoms with E-state index in [1.54, 1.807) is 19.9 Å². The molecule has 1 aromatic heterocycles. The summed E-state index contributed by atoms with van der Waals surface area (Å²) in [6, 6.07) is 9.16. The summed E-state index contributed by atoms with van der Waals surface area (Å²) in [7, 11) is 0. The number of ether oxygens (including phenoxy) is 1. The fourth-order valence-electron chi connectivity index (χ4n) is 2.20. The number of aromatic nitrogens is 2. The summed E-state index contributed by atoms with van der Waals surface area (Å²) in [6.07, 6.45) is -0.925. The standard InChI is InChI=1S/C17H18ClN3O3/c1-11-12(2)20-21(17(23)15(11)7-19)8-14(22)10-24-9-13-5-3-4-6-16(13)18/h3-6,14,22H,8-10H2,1-2H3. The largest absolute Gasteiger partial charge is 0.389 e. The Morgan fingerprint density at radius 1 is 1.42 bits per heavy atom. The Labute approximate surface area is 144 Å². The van der Waals surface area contributed by atoms with Gasteiger partial charge in [-0.15, -0.1) is 0 Å². The lowest BCUT2D eigenvalue weighted by atomic mass is 10.1. The molecule has 24 heavy (non-hydrogen) atoms. The van der Waals surface area contributed by atoms with E-state index in [9.17, 15) is 9.90 Å². The summed E-state index contributed by atoms with van der Waals surface area (Å²) in [5.74, 6) is 0. The molecule has 0 radical (unpaired) electrons. The maximum atomic E-state index is 12.2. The van der Waals surface area contributed by atoms with Crippen LogP contribution in [0.15, 0.2) is 29.1 Å². The average Bonchev–Trinajstić information content (AvgIpc) is 2.55. The molecule has 0 fully saturated rings. The number of aryl methyl sites for hydroxylation is 1. The number of hydrogen-bond acceptors (Lipinski definition) is 5. The summed E-state index contributed by atoms with van der Waals surface area (Å²) in [5.41, 5.74) is 1.50. The van der Waals surface area contributed by atoms with Gasteiger partial charge in [-0.2, -0.15) is 10.4 Å². The predicted octanol–water partition coefficient (Wildman–Crippen LogP) is 1.96. The minimum absolute atomic E-state index is 0.0220. The third-order valence-corrected chi connectivity index (χ3v) is 4.03.